The average Bonchev–Trinajstić information content (AvgIpc) is 2.75. The predicted molar refractivity (Wildman–Crippen MR) is 57.2 cm³/mol. The van der Waals surface area contributed by atoms with Crippen molar-refractivity contribution in [3.8, 4) is 0 Å². The Bertz CT molecular complexity index is 270. The number of hydrogen-bond acceptors (Lipinski definition) is 4. The van der Waals surface area contributed by atoms with E-state index in [1.807, 2.05) is 5.51 Å². The highest BCUT2D eigenvalue weighted by Crippen LogP contribution is 2.47. The van der Waals surface area contributed by atoms with Crippen molar-refractivity contribution in [3.63, 3.8) is 0 Å². The van der Waals surface area contributed by atoms with Gasteiger partial charge in [0, 0.05) is 25.1 Å². The number of nitrogens with one attached hydrogen (secondary N) is 1. The van der Waals surface area contributed by atoms with Crippen LogP contribution in [0.5, 0.6) is 0 Å². The van der Waals surface area contributed by atoms with Gasteiger partial charge < -0.3 is 10.4 Å². The second kappa shape index (κ2) is 4.38. The Morgan fingerprint density at radius 2 is 2.43 bits per heavy atom. The average molecular weight is 212 g/mol. The van der Waals surface area contributed by atoms with Crippen LogP contribution in [0.15, 0.2) is 10.9 Å². The first-order chi connectivity index (χ1) is 6.85. The summed E-state index contributed by atoms with van der Waals surface area (Å²) in [5.41, 5.74) is 3.39. The van der Waals surface area contributed by atoms with Gasteiger partial charge in [-0.05, 0) is 24.7 Å². The fraction of sp³-hybridized carbons (Fsp3) is 0.700. The SMILES string of the molecule is OCCC1(CNCc2cscn2)CC1. The van der Waals surface area contributed by atoms with Crippen molar-refractivity contribution in [1.82, 2.24) is 10.3 Å². The van der Waals surface area contributed by atoms with Gasteiger partial charge in [0.2, 0.25) is 0 Å². The zero-order valence-corrected chi connectivity index (χ0v) is 9.02. The van der Waals surface area contributed by atoms with E-state index in [0.717, 1.165) is 25.2 Å². The molecule has 0 radical (unpaired) electrons. The molecular formula is C10H16N2OS. The molecule has 1 aromatic rings. The van der Waals surface area contributed by atoms with Gasteiger partial charge >= 0.3 is 0 Å². The highest BCUT2D eigenvalue weighted by molar-refractivity contribution is 7.07. The smallest absolute Gasteiger partial charge is 0.0795 e. The first-order valence-corrected chi connectivity index (χ1v) is 5.98. The minimum Gasteiger partial charge on any atom is -0.396 e. The summed E-state index contributed by atoms with van der Waals surface area (Å²) in [7, 11) is 0. The van der Waals surface area contributed by atoms with E-state index in [0.29, 0.717) is 12.0 Å². The van der Waals surface area contributed by atoms with Crippen LogP contribution in [0.4, 0.5) is 0 Å². The molecule has 0 atom stereocenters. The van der Waals surface area contributed by atoms with Crippen molar-refractivity contribution in [2.45, 2.75) is 25.8 Å². The maximum atomic E-state index is 8.89. The zero-order valence-electron chi connectivity index (χ0n) is 8.20. The molecule has 1 fully saturated rings. The molecule has 3 nitrogen and oxygen atoms in total. The molecule has 1 heterocycles. The second-order valence-corrected chi connectivity index (χ2v) is 4.78. The summed E-state index contributed by atoms with van der Waals surface area (Å²) in [4.78, 5) is 4.21. The Labute approximate surface area is 88.2 Å². The Morgan fingerprint density at radius 3 is 3.00 bits per heavy atom. The Hall–Kier alpha value is -0.450. The number of aliphatic hydroxyl groups excluding tert-OH is 1. The van der Waals surface area contributed by atoms with Gasteiger partial charge in [-0.2, -0.15) is 0 Å². The minimum absolute atomic E-state index is 0.318. The van der Waals surface area contributed by atoms with Gasteiger partial charge in [0.15, 0.2) is 0 Å². The molecule has 0 aliphatic heterocycles. The molecule has 0 aromatic carbocycles. The molecule has 0 unspecified atom stereocenters. The van der Waals surface area contributed by atoms with Crippen molar-refractivity contribution < 1.29 is 5.11 Å². The lowest BCUT2D eigenvalue weighted by Crippen LogP contribution is -2.24. The van der Waals surface area contributed by atoms with Gasteiger partial charge in [-0.25, -0.2) is 4.98 Å². The standard InChI is InChI=1S/C10H16N2OS/c13-4-3-10(1-2-10)7-11-5-9-6-14-8-12-9/h6,8,11,13H,1-5,7H2. The number of aromatic nitrogens is 1. The van der Waals surface area contributed by atoms with Crippen LogP contribution in [0.2, 0.25) is 0 Å². The molecule has 14 heavy (non-hydrogen) atoms. The largest absolute Gasteiger partial charge is 0.396 e. The first-order valence-electron chi connectivity index (χ1n) is 5.03. The zero-order chi connectivity index (χ0) is 9.86. The molecule has 1 aliphatic carbocycles. The number of nitrogens with zero attached hydrogens (tertiary/aromatic N) is 1. The molecule has 0 saturated heterocycles. The number of hydrogen-bond donors (Lipinski definition) is 2. The van der Waals surface area contributed by atoms with E-state index in [4.69, 9.17) is 5.11 Å². The fourth-order valence-electron chi connectivity index (χ4n) is 1.71. The van der Waals surface area contributed by atoms with Crippen LogP contribution in [0.25, 0.3) is 0 Å². The molecule has 0 bridgehead atoms. The summed E-state index contributed by atoms with van der Waals surface area (Å²) in [6, 6.07) is 0. The minimum atomic E-state index is 0.318. The molecule has 0 amide bonds. The molecular weight excluding hydrogens is 196 g/mol. The van der Waals surface area contributed by atoms with Crippen molar-refractivity contribution in [2.75, 3.05) is 13.2 Å². The maximum absolute atomic E-state index is 8.89. The third-order valence-corrected chi connectivity index (χ3v) is 3.52. The molecule has 2 N–H and O–H groups in total. The van der Waals surface area contributed by atoms with Crippen molar-refractivity contribution in [2.24, 2.45) is 5.41 Å². The molecule has 0 spiro atoms. The monoisotopic (exact) mass is 212 g/mol. The topological polar surface area (TPSA) is 45.1 Å². The molecule has 1 aromatic heterocycles. The lowest BCUT2D eigenvalue weighted by atomic mass is 10.0. The number of rotatable bonds is 6. The van der Waals surface area contributed by atoms with E-state index >= 15 is 0 Å². The van der Waals surface area contributed by atoms with Crippen LogP contribution in [0.1, 0.15) is 25.0 Å². The van der Waals surface area contributed by atoms with Gasteiger partial charge in [0.05, 0.1) is 11.2 Å². The number of aliphatic hydroxyl groups is 1. The molecule has 4 heteroatoms. The van der Waals surface area contributed by atoms with Crippen LogP contribution in [-0.2, 0) is 6.54 Å². The third kappa shape index (κ3) is 2.53. The second-order valence-electron chi connectivity index (χ2n) is 4.06. The van der Waals surface area contributed by atoms with Crippen molar-refractivity contribution >= 4 is 11.3 Å². The summed E-state index contributed by atoms with van der Waals surface area (Å²) < 4.78 is 0. The quantitative estimate of drug-likeness (QED) is 0.749. The van der Waals surface area contributed by atoms with Gasteiger partial charge in [0.1, 0.15) is 0 Å². The Morgan fingerprint density at radius 1 is 1.57 bits per heavy atom. The summed E-state index contributed by atoms with van der Waals surface area (Å²) in [5, 5.41) is 14.4. The normalized spacial score (nSPS) is 18.4. The number of thiazole rings is 1. The van der Waals surface area contributed by atoms with E-state index in [1.54, 1.807) is 11.3 Å². The fourth-order valence-corrected chi connectivity index (χ4v) is 2.27. The Kier molecular flexibility index (Phi) is 3.15. The van der Waals surface area contributed by atoms with Crippen LogP contribution >= 0.6 is 11.3 Å². The maximum Gasteiger partial charge on any atom is 0.0795 e. The van der Waals surface area contributed by atoms with E-state index in [1.165, 1.54) is 12.8 Å². The van der Waals surface area contributed by atoms with Gasteiger partial charge in [-0.3, -0.25) is 0 Å². The van der Waals surface area contributed by atoms with Crippen molar-refractivity contribution in [1.29, 1.82) is 0 Å². The molecule has 1 saturated carbocycles. The summed E-state index contributed by atoms with van der Waals surface area (Å²) >= 11 is 1.63. The molecule has 2 rings (SSSR count). The van der Waals surface area contributed by atoms with Crippen molar-refractivity contribution in [3.05, 3.63) is 16.6 Å². The molecule has 78 valence electrons. The van der Waals surface area contributed by atoms with Crippen LogP contribution in [-0.4, -0.2) is 23.2 Å². The lowest BCUT2D eigenvalue weighted by molar-refractivity contribution is 0.245. The highest BCUT2D eigenvalue weighted by Gasteiger charge is 2.41. The van der Waals surface area contributed by atoms with Gasteiger partial charge in [-0.1, -0.05) is 0 Å². The van der Waals surface area contributed by atoms with E-state index in [-0.39, 0.29) is 0 Å². The van der Waals surface area contributed by atoms with Crippen LogP contribution in [0.3, 0.4) is 0 Å². The predicted octanol–water partition coefficient (Wildman–Crippen LogP) is 1.40. The highest BCUT2D eigenvalue weighted by atomic mass is 32.1. The summed E-state index contributed by atoms with van der Waals surface area (Å²) in [6.07, 6.45) is 3.46. The summed E-state index contributed by atoms with van der Waals surface area (Å²) in [6.45, 7) is 2.19. The van der Waals surface area contributed by atoms with Crippen LogP contribution in [0, 0.1) is 5.41 Å². The van der Waals surface area contributed by atoms with Gasteiger partial charge in [0.25, 0.3) is 0 Å². The molecule has 1 aliphatic rings. The first kappa shape index (κ1) is 10.1. The summed E-state index contributed by atoms with van der Waals surface area (Å²) in [5.74, 6) is 0. The third-order valence-electron chi connectivity index (χ3n) is 2.89. The van der Waals surface area contributed by atoms with Crippen LogP contribution < -0.4 is 5.32 Å². The van der Waals surface area contributed by atoms with E-state index in [2.05, 4.69) is 15.7 Å². The van der Waals surface area contributed by atoms with E-state index < -0.39 is 0 Å². The van der Waals surface area contributed by atoms with E-state index in [9.17, 15) is 0 Å². The Balaban J connectivity index is 1.68. The lowest BCUT2D eigenvalue weighted by Gasteiger charge is -2.13. The van der Waals surface area contributed by atoms with Gasteiger partial charge in [-0.15, -0.1) is 11.3 Å².